The predicted molar refractivity (Wildman–Crippen MR) is 95.9 cm³/mol. The molecule has 120 valence electrons. The second-order valence-electron chi connectivity index (χ2n) is 6.20. The van der Waals surface area contributed by atoms with Gasteiger partial charge in [0, 0.05) is 24.8 Å². The molecule has 1 aliphatic heterocycles. The Labute approximate surface area is 142 Å². The lowest BCUT2D eigenvalue weighted by atomic mass is 10.00. The topological polar surface area (TPSA) is 36.4 Å². The van der Waals surface area contributed by atoms with Crippen LogP contribution in [0.15, 0.2) is 72.9 Å². The Morgan fingerprint density at radius 2 is 1.58 bits per heavy atom. The van der Waals surface area contributed by atoms with Crippen LogP contribution in [0, 0.1) is 0 Å². The Morgan fingerprint density at radius 3 is 2.33 bits per heavy atom. The van der Waals surface area contributed by atoms with Crippen LogP contribution in [0.25, 0.3) is 0 Å². The number of aliphatic hydroxyl groups is 1. The van der Waals surface area contributed by atoms with Gasteiger partial charge in [-0.1, -0.05) is 60.7 Å². The second kappa shape index (κ2) is 6.46. The van der Waals surface area contributed by atoms with Crippen LogP contribution < -0.4 is 4.90 Å². The van der Waals surface area contributed by atoms with Gasteiger partial charge in [-0.15, -0.1) is 0 Å². The van der Waals surface area contributed by atoms with Crippen molar-refractivity contribution < 1.29 is 5.11 Å². The van der Waals surface area contributed by atoms with Crippen LogP contribution in [0.4, 0.5) is 5.82 Å². The van der Waals surface area contributed by atoms with E-state index in [1.54, 1.807) is 6.20 Å². The van der Waals surface area contributed by atoms with Crippen LogP contribution in [-0.2, 0) is 13.0 Å². The molecule has 1 N–H and O–H groups in total. The number of aliphatic hydroxyl groups excluding tert-OH is 1. The van der Waals surface area contributed by atoms with Crippen LogP contribution in [0.5, 0.6) is 0 Å². The summed E-state index contributed by atoms with van der Waals surface area (Å²) in [6.07, 6.45) is 2.20. The van der Waals surface area contributed by atoms with E-state index in [2.05, 4.69) is 34.1 Å². The number of benzene rings is 2. The largest absolute Gasteiger partial charge is 0.384 e. The van der Waals surface area contributed by atoms with E-state index in [0.717, 1.165) is 36.5 Å². The van der Waals surface area contributed by atoms with Crippen molar-refractivity contribution in [2.75, 3.05) is 11.4 Å². The molecule has 0 amide bonds. The van der Waals surface area contributed by atoms with Crippen molar-refractivity contribution in [3.05, 3.63) is 95.2 Å². The number of anilines is 1. The lowest BCUT2D eigenvalue weighted by molar-refractivity contribution is 0.220. The summed E-state index contributed by atoms with van der Waals surface area (Å²) in [6.45, 7) is 1.87. The van der Waals surface area contributed by atoms with E-state index in [9.17, 15) is 5.11 Å². The van der Waals surface area contributed by atoms with Crippen molar-refractivity contribution >= 4 is 5.82 Å². The minimum atomic E-state index is -0.630. The Kier molecular flexibility index (Phi) is 4.01. The van der Waals surface area contributed by atoms with Gasteiger partial charge in [0.1, 0.15) is 11.9 Å². The fourth-order valence-electron chi connectivity index (χ4n) is 3.27. The first-order chi connectivity index (χ1) is 11.8. The fourth-order valence-corrected chi connectivity index (χ4v) is 3.27. The zero-order valence-corrected chi connectivity index (χ0v) is 13.5. The van der Waals surface area contributed by atoms with Crippen molar-refractivity contribution in [1.82, 2.24) is 4.98 Å². The van der Waals surface area contributed by atoms with E-state index >= 15 is 0 Å². The SMILES string of the molecule is OC(c1ccccc1)c1ccc(N2CCc3ccccc3C2)nc1. The molecule has 0 aliphatic carbocycles. The number of aromatic nitrogens is 1. The second-order valence-corrected chi connectivity index (χ2v) is 6.20. The summed E-state index contributed by atoms with van der Waals surface area (Å²) in [7, 11) is 0. The molecule has 2 heterocycles. The summed E-state index contributed by atoms with van der Waals surface area (Å²) in [6, 6.07) is 22.3. The normalized spacial score (nSPS) is 15.0. The number of nitrogens with zero attached hydrogens (tertiary/aromatic N) is 2. The lowest BCUT2D eigenvalue weighted by Gasteiger charge is -2.30. The molecule has 1 atom stereocenters. The maximum Gasteiger partial charge on any atom is 0.128 e. The zero-order valence-electron chi connectivity index (χ0n) is 13.5. The molecule has 0 saturated carbocycles. The summed E-state index contributed by atoms with van der Waals surface area (Å²) in [5, 5.41) is 10.5. The van der Waals surface area contributed by atoms with Crippen molar-refractivity contribution in [2.24, 2.45) is 0 Å². The first-order valence-corrected chi connectivity index (χ1v) is 8.32. The van der Waals surface area contributed by atoms with Gasteiger partial charge in [-0.25, -0.2) is 4.98 Å². The van der Waals surface area contributed by atoms with Crippen LogP contribution >= 0.6 is 0 Å². The molecule has 1 aromatic heterocycles. The van der Waals surface area contributed by atoms with E-state index in [0.29, 0.717) is 0 Å². The molecule has 3 aromatic rings. The molecule has 1 unspecified atom stereocenters. The lowest BCUT2D eigenvalue weighted by Crippen LogP contribution is -2.30. The summed E-state index contributed by atoms with van der Waals surface area (Å²) >= 11 is 0. The Morgan fingerprint density at radius 1 is 0.833 bits per heavy atom. The van der Waals surface area contributed by atoms with Gasteiger partial charge < -0.3 is 10.0 Å². The van der Waals surface area contributed by atoms with Gasteiger partial charge in [0.05, 0.1) is 0 Å². The summed E-state index contributed by atoms with van der Waals surface area (Å²) in [5.74, 6) is 0.966. The third-order valence-electron chi connectivity index (χ3n) is 4.66. The van der Waals surface area contributed by atoms with Crippen LogP contribution in [0.1, 0.15) is 28.4 Å². The predicted octanol–water partition coefficient (Wildman–Crippen LogP) is 3.73. The minimum absolute atomic E-state index is 0.630. The average Bonchev–Trinajstić information content (AvgIpc) is 2.68. The zero-order chi connectivity index (χ0) is 16.4. The van der Waals surface area contributed by atoms with Gasteiger partial charge in [0.15, 0.2) is 0 Å². The van der Waals surface area contributed by atoms with Crippen molar-refractivity contribution in [3.8, 4) is 0 Å². The van der Waals surface area contributed by atoms with E-state index in [1.165, 1.54) is 11.1 Å². The van der Waals surface area contributed by atoms with Gasteiger partial charge in [-0.3, -0.25) is 0 Å². The Bertz CT molecular complexity index is 815. The molecule has 3 nitrogen and oxygen atoms in total. The van der Waals surface area contributed by atoms with Crippen molar-refractivity contribution in [3.63, 3.8) is 0 Å². The molecular formula is C21H20N2O. The van der Waals surface area contributed by atoms with Gasteiger partial charge in [0.2, 0.25) is 0 Å². The Balaban J connectivity index is 1.52. The van der Waals surface area contributed by atoms with Crippen molar-refractivity contribution in [2.45, 2.75) is 19.1 Å². The van der Waals surface area contributed by atoms with Gasteiger partial charge >= 0.3 is 0 Å². The third-order valence-corrected chi connectivity index (χ3v) is 4.66. The third kappa shape index (κ3) is 2.91. The number of hydrogen-bond acceptors (Lipinski definition) is 3. The van der Waals surface area contributed by atoms with Gasteiger partial charge in [0.25, 0.3) is 0 Å². The van der Waals surface area contributed by atoms with Gasteiger partial charge in [-0.05, 0) is 29.2 Å². The monoisotopic (exact) mass is 316 g/mol. The number of rotatable bonds is 3. The standard InChI is InChI=1S/C21H20N2O/c24-21(17-7-2-1-3-8-17)18-10-11-20(22-14-18)23-13-12-16-6-4-5-9-19(16)15-23/h1-11,14,21,24H,12-13,15H2. The van der Waals surface area contributed by atoms with E-state index < -0.39 is 6.10 Å². The van der Waals surface area contributed by atoms with E-state index in [-0.39, 0.29) is 0 Å². The first kappa shape index (κ1) is 14.9. The van der Waals surface area contributed by atoms with Gasteiger partial charge in [-0.2, -0.15) is 0 Å². The molecule has 24 heavy (non-hydrogen) atoms. The molecular weight excluding hydrogens is 296 g/mol. The van der Waals surface area contributed by atoms with Crippen LogP contribution in [0.3, 0.4) is 0 Å². The number of fused-ring (bicyclic) bond motifs is 1. The molecule has 0 bridgehead atoms. The quantitative estimate of drug-likeness (QED) is 0.800. The summed E-state index contributed by atoms with van der Waals surface area (Å²) in [4.78, 5) is 6.88. The number of pyridine rings is 1. The molecule has 0 spiro atoms. The molecule has 0 radical (unpaired) electrons. The molecule has 0 fully saturated rings. The molecule has 0 saturated heterocycles. The number of hydrogen-bond donors (Lipinski definition) is 1. The molecule has 3 heteroatoms. The molecule has 1 aliphatic rings. The smallest absolute Gasteiger partial charge is 0.128 e. The maximum atomic E-state index is 10.5. The first-order valence-electron chi connectivity index (χ1n) is 8.32. The average molecular weight is 316 g/mol. The highest BCUT2D eigenvalue weighted by atomic mass is 16.3. The highest BCUT2D eigenvalue weighted by molar-refractivity contribution is 5.45. The minimum Gasteiger partial charge on any atom is -0.384 e. The fraction of sp³-hybridized carbons (Fsp3) is 0.190. The van der Waals surface area contributed by atoms with E-state index in [1.807, 2.05) is 42.5 Å². The maximum absolute atomic E-state index is 10.5. The summed E-state index contributed by atoms with van der Waals surface area (Å²) in [5.41, 5.74) is 4.52. The molecule has 4 rings (SSSR count). The van der Waals surface area contributed by atoms with Crippen molar-refractivity contribution in [1.29, 1.82) is 0 Å². The molecule has 2 aromatic carbocycles. The summed E-state index contributed by atoms with van der Waals surface area (Å²) < 4.78 is 0. The van der Waals surface area contributed by atoms with Crippen LogP contribution in [0.2, 0.25) is 0 Å². The Hall–Kier alpha value is -2.65. The highest BCUT2D eigenvalue weighted by Crippen LogP contribution is 2.25. The van der Waals surface area contributed by atoms with Crippen LogP contribution in [-0.4, -0.2) is 16.6 Å². The van der Waals surface area contributed by atoms with E-state index in [4.69, 9.17) is 0 Å². The highest BCUT2D eigenvalue weighted by Gasteiger charge is 2.17.